The first-order valence-corrected chi connectivity index (χ1v) is 12.8. The standard InChI is InChI=1S/C25H38FN7O/c1-3-21(20-12-9-15-28-20)33(18-13-14-22(34-4-2)19(26)16-18)25-31-23(27)30-24(32-25)29-17-10-7-5-6-8-11-17/h13-14,16-17,20-21,28H,3-12,15H2,1-2H3,(H3,27,29,30,31,32). The molecule has 1 aliphatic carbocycles. The average Bonchev–Trinajstić information content (AvgIpc) is 3.23. The van der Waals surface area contributed by atoms with Gasteiger partial charge in [0, 0.05) is 23.8 Å². The molecule has 4 N–H and O–H groups in total. The summed E-state index contributed by atoms with van der Waals surface area (Å²) in [6.07, 6.45) is 10.1. The number of ether oxygens (including phenoxy) is 1. The van der Waals surface area contributed by atoms with Crippen molar-refractivity contribution in [2.24, 2.45) is 0 Å². The fraction of sp³-hybridized carbons (Fsp3) is 0.640. The Morgan fingerprint density at radius 2 is 1.91 bits per heavy atom. The van der Waals surface area contributed by atoms with Crippen molar-refractivity contribution in [2.45, 2.75) is 89.8 Å². The molecule has 9 heteroatoms. The fourth-order valence-electron chi connectivity index (χ4n) is 5.21. The normalized spacial score (nSPS) is 20.0. The van der Waals surface area contributed by atoms with Crippen LogP contribution in [0.3, 0.4) is 0 Å². The summed E-state index contributed by atoms with van der Waals surface area (Å²) >= 11 is 0. The third-order valence-electron chi connectivity index (χ3n) is 6.85. The number of aromatic nitrogens is 3. The van der Waals surface area contributed by atoms with Gasteiger partial charge in [0.1, 0.15) is 0 Å². The van der Waals surface area contributed by atoms with E-state index in [4.69, 9.17) is 15.5 Å². The zero-order chi connectivity index (χ0) is 23.9. The van der Waals surface area contributed by atoms with Crippen molar-refractivity contribution in [1.82, 2.24) is 20.3 Å². The Morgan fingerprint density at radius 1 is 1.12 bits per heavy atom. The maximum atomic E-state index is 14.9. The zero-order valence-electron chi connectivity index (χ0n) is 20.4. The molecule has 0 spiro atoms. The van der Waals surface area contributed by atoms with E-state index in [-0.39, 0.29) is 23.8 Å². The molecule has 2 fully saturated rings. The van der Waals surface area contributed by atoms with E-state index in [9.17, 15) is 4.39 Å². The Kier molecular flexibility index (Phi) is 8.37. The molecule has 186 valence electrons. The number of nitrogens with one attached hydrogen (secondary N) is 2. The van der Waals surface area contributed by atoms with E-state index in [1.807, 2.05) is 17.9 Å². The van der Waals surface area contributed by atoms with Gasteiger partial charge in [0.15, 0.2) is 11.6 Å². The molecule has 1 saturated carbocycles. The van der Waals surface area contributed by atoms with Crippen LogP contribution in [-0.4, -0.2) is 46.2 Å². The van der Waals surface area contributed by atoms with Crippen molar-refractivity contribution < 1.29 is 9.13 Å². The van der Waals surface area contributed by atoms with Crippen LogP contribution in [0.2, 0.25) is 0 Å². The van der Waals surface area contributed by atoms with Gasteiger partial charge in [0.2, 0.25) is 17.8 Å². The number of nitrogens with zero attached hydrogens (tertiary/aromatic N) is 4. The summed E-state index contributed by atoms with van der Waals surface area (Å²) in [5, 5.41) is 7.09. The summed E-state index contributed by atoms with van der Waals surface area (Å²) in [4.78, 5) is 15.7. The predicted octanol–water partition coefficient (Wildman–Crippen LogP) is 4.80. The first-order valence-electron chi connectivity index (χ1n) is 12.8. The molecule has 2 unspecified atom stereocenters. The van der Waals surface area contributed by atoms with Crippen molar-refractivity contribution in [1.29, 1.82) is 0 Å². The number of nitrogens with two attached hydrogens (primary N) is 1. The van der Waals surface area contributed by atoms with Crippen molar-refractivity contribution in [3.63, 3.8) is 0 Å². The molecule has 1 aromatic heterocycles. The van der Waals surface area contributed by atoms with Crippen LogP contribution in [0.4, 0.5) is 27.9 Å². The second-order valence-electron chi connectivity index (χ2n) is 9.25. The number of hydrogen-bond acceptors (Lipinski definition) is 8. The second-order valence-corrected chi connectivity index (χ2v) is 9.25. The van der Waals surface area contributed by atoms with Gasteiger partial charge >= 0.3 is 0 Å². The van der Waals surface area contributed by atoms with E-state index in [0.717, 1.165) is 38.6 Å². The van der Waals surface area contributed by atoms with Crippen molar-refractivity contribution in [3.8, 4) is 5.75 Å². The van der Waals surface area contributed by atoms with Gasteiger partial charge in [0.25, 0.3) is 0 Å². The highest BCUT2D eigenvalue weighted by Crippen LogP contribution is 2.33. The molecule has 2 heterocycles. The summed E-state index contributed by atoms with van der Waals surface area (Å²) in [7, 11) is 0. The van der Waals surface area contributed by atoms with Gasteiger partial charge in [-0.2, -0.15) is 15.0 Å². The smallest absolute Gasteiger partial charge is 0.236 e. The maximum Gasteiger partial charge on any atom is 0.236 e. The lowest BCUT2D eigenvalue weighted by Gasteiger charge is -2.35. The number of halogens is 1. The van der Waals surface area contributed by atoms with E-state index in [1.54, 1.807) is 6.07 Å². The lowest BCUT2D eigenvalue weighted by atomic mass is 10.0. The van der Waals surface area contributed by atoms with Gasteiger partial charge in [0.05, 0.1) is 12.6 Å². The van der Waals surface area contributed by atoms with Crippen LogP contribution in [0.25, 0.3) is 0 Å². The van der Waals surface area contributed by atoms with E-state index < -0.39 is 5.82 Å². The van der Waals surface area contributed by atoms with Crippen LogP contribution in [0.5, 0.6) is 5.75 Å². The summed E-state index contributed by atoms with van der Waals surface area (Å²) in [5.74, 6) is 0.918. The first kappa shape index (κ1) is 24.4. The number of rotatable bonds is 9. The number of benzene rings is 1. The van der Waals surface area contributed by atoms with Gasteiger partial charge in [-0.1, -0.05) is 32.6 Å². The Labute approximate surface area is 201 Å². The van der Waals surface area contributed by atoms with Crippen LogP contribution in [0.15, 0.2) is 18.2 Å². The molecular weight excluding hydrogens is 433 g/mol. The van der Waals surface area contributed by atoms with Crippen LogP contribution in [0, 0.1) is 5.82 Å². The van der Waals surface area contributed by atoms with Gasteiger partial charge in [-0.25, -0.2) is 4.39 Å². The SMILES string of the molecule is CCOc1ccc(N(c2nc(N)nc(NC3CCCCCC3)n2)C(CC)C2CCCN2)cc1F. The molecule has 0 radical (unpaired) electrons. The minimum atomic E-state index is -0.405. The molecule has 8 nitrogen and oxygen atoms in total. The topological polar surface area (TPSA) is 101 Å². The van der Waals surface area contributed by atoms with Crippen LogP contribution >= 0.6 is 0 Å². The molecule has 4 rings (SSSR count). The van der Waals surface area contributed by atoms with Gasteiger partial charge in [-0.15, -0.1) is 0 Å². The third kappa shape index (κ3) is 5.87. The molecule has 34 heavy (non-hydrogen) atoms. The van der Waals surface area contributed by atoms with Gasteiger partial charge < -0.3 is 26.0 Å². The molecule has 0 bridgehead atoms. The van der Waals surface area contributed by atoms with Crippen molar-refractivity contribution >= 4 is 23.5 Å². The first-order chi connectivity index (χ1) is 16.6. The summed E-state index contributed by atoms with van der Waals surface area (Å²) in [6, 6.07) is 5.64. The predicted molar refractivity (Wildman–Crippen MR) is 134 cm³/mol. The van der Waals surface area contributed by atoms with Crippen molar-refractivity contribution in [2.75, 3.05) is 29.1 Å². The molecule has 2 aliphatic rings. The Balaban J connectivity index is 1.70. The second kappa shape index (κ2) is 11.6. The fourth-order valence-corrected chi connectivity index (χ4v) is 5.21. The molecule has 1 aliphatic heterocycles. The van der Waals surface area contributed by atoms with Crippen LogP contribution < -0.4 is 26.0 Å². The Bertz CT molecular complexity index is 929. The maximum absolute atomic E-state index is 14.9. The van der Waals surface area contributed by atoms with E-state index in [1.165, 1.54) is 31.7 Å². The van der Waals surface area contributed by atoms with Crippen molar-refractivity contribution in [3.05, 3.63) is 24.0 Å². The van der Waals surface area contributed by atoms with Crippen LogP contribution in [-0.2, 0) is 0 Å². The highest BCUT2D eigenvalue weighted by atomic mass is 19.1. The Morgan fingerprint density at radius 3 is 2.56 bits per heavy atom. The van der Waals surface area contributed by atoms with Gasteiger partial charge in [-0.3, -0.25) is 0 Å². The highest BCUT2D eigenvalue weighted by molar-refractivity contribution is 5.62. The van der Waals surface area contributed by atoms with Gasteiger partial charge in [-0.05, 0) is 57.7 Å². The van der Waals surface area contributed by atoms with E-state index in [0.29, 0.717) is 30.2 Å². The summed E-state index contributed by atoms with van der Waals surface area (Å²) < 4.78 is 20.3. The van der Waals surface area contributed by atoms with E-state index >= 15 is 0 Å². The molecule has 1 aromatic carbocycles. The molecule has 0 amide bonds. The van der Waals surface area contributed by atoms with Crippen LogP contribution in [0.1, 0.15) is 71.6 Å². The quantitative estimate of drug-likeness (QED) is 0.449. The zero-order valence-corrected chi connectivity index (χ0v) is 20.4. The molecule has 2 aromatic rings. The van der Waals surface area contributed by atoms with E-state index in [2.05, 4.69) is 27.5 Å². The third-order valence-corrected chi connectivity index (χ3v) is 6.85. The number of nitrogen functional groups attached to an aromatic ring is 1. The largest absolute Gasteiger partial charge is 0.491 e. The molecule has 1 saturated heterocycles. The summed E-state index contributed by atoms with van der Waals surface area (Å²) in [6.45, 7) is 5.36. The monoisotopic (exact) mass is 471 g/mol. The lowest BCUT2D eigenvalue weighted by Crippen LogP contribution is -2.46. The number of hydrogen-bond donors (Lipinski definition) is 3. The highest BCUT2D eigenvalue weighted by Gasteiger charge is 2.32. The molecule has 2 atom stereocenters. The average molecular weight is 472 g/mol. The minimum absolute atomic E-state index is 0.0346. The minimum Gasteiger partial charge on any atom is -0.491 e. The molecular formula is C25H38FN7O. The lowest BCUT2D eigenvalue weighted by molar-refractivity contribution is 0.321. The summed E-state index contributed by atoms with van der Waals surface area (Å²) in [5.41, 5.74) is 6.83. The Hall–Kier alpha value is -2.68. The number of anilines is 4.